The van der Waals surface area contributed by atoms with E-state index in [9.17, 15) is 29.4 Å². The Kier molecular flexibility index (Phi) is 8.06. The van der Waals surface area contributed by atoms with Gasteiger partial charge in [-0.15, -0.1) is 0 Å². The average Bonchev–Trinajstić information content (AvgIpc) is 2.89. The van der Waals surface area contributed by atoms with E-state index in [1.807, 2.05) is 60.7 Å². The van der Waals surface area contributed by atoms with Crippen LogP contribution < -0.4 is 4.74 Å². The Bertz CT molecular complexity index is 1290. The minimum atomic E-state index is -1.55. The first-order valence-electron chi connectivity index (χ1n) is 12.0. The van der Waals surface area contributed by atoms with Crippen LogP contribution in [0.25, 0.3) is 0 Å². The van der Waals surface area contributed by atoms with Crippen molar-refractivity contribution < 1.29 is 38.9 Å². The minimum absolute atomic E-state index is 0.105. The van der Waals surface area contributed by atoms with E-state index in [0.29, 0.717) is 11.5 Å². The molecule has 1 aliphatic carbocycles. The highest BCUT2D eigenvalue weighted by Crippen LogP contribution is 2.48. The Labute approximate surface area is 219 Å². The second-order valence-electron chi connectivity index (χ2n) is 9.04. The Morgan fingerprint density at radius 1 is 0.658 bits per heavy atom. The molecule has 3 aromatic carbocycles. The maximum absolute atomic E-state index is 13.8. The van der Waals surface area contributed by atoms with Crippen LogP contribution in [0.2, 0.25) is 0 Å². The van der Waals surface area contributed by atoms with Gasteiger partial charge in [-0.05, 0) is 35.4 Å². The third kappa shape index (κ3) is 5.67. The topological polar surface area (TPSA) is 130 Å². The number of hydrogen-bond acceptors (Lipinski definition) is 6. The first-order valence-corrected chi connectivity index (χ1v) is 12.0. The molecule has 0 bridgehead atoms. The minimum Gasteiger partial charge on any atom is -0.481 e. The van der Waals surface area contributed by atoms with Crippen LogP contribution in [0, 0.1) is 23.7 Å². The number of benzene rings is 3. The van der Waals surface area contributed by atoms with Crippen molar-refractivity contribution in [1.29, 1.82) is 0 Å². The zero-order valence-corrected chi connectivity index (χ0v) is 20.6. The van der Waals surface area contributed by atoms with Crippen molar-refractivity contribution in [2.24, 2.45) is 23.7 Å². The zero-order chi connectivity index (χ0) is 27.2. The number of carboxylic acids is 2. The number of nitrogens with zero attached hydrogens (tertiary/aromatic N) is 1. The number of carbonyl (C=O) groups excluding carboxylic acids is 2. The van der Waals surface area contributed by atoms with E-state index in [-0.39, 0.29) is 13.1 Å². The maximum Gasteiger partial charge on any atom is 0.310 e. The molecule has 0 saturated heterocycles. The molecule has 38 heavy (non-hydrogen) atoms. The summed E-state index contributed by atoms with van der Waals surface area (Å²) in [7, 11) is 1.08. The van der Waals surface area contributed by atoms with E-state index in [1.54, 1.807) is 24.3 Å². The molecule has 0 heterocycles. The summed E-state index contributed by atoms with van der Waals surface area (Å²) in [5.41, 5.74) is 1.53. The molecule has 0 aromatic heterocycles. The van der Waals surface area contributed by atoms with Gasteiger partial charge in [0.1, 0.15) is 11.5 Å². The van der Waals surface area contributed by atoms with Gasteiger partial charge >= 0.3 is 17.9 Å². The van der Waals surface area contributed by atoms with E-state index in [2.05, 4.69) is 0 Å². The molecule has 9 nitrogen and oxygen atoms in total. The van der Waals surface area contributed by atoms with Crippen LogP contribution in [0.5, 0.6) is 11.5 Å². The fourth-order valence-corrected chi connectivity index (χ4v) is 4.83. The van der Waals surface area contributed by atoms with Crippen LogP contribution in [0.15, 0.2) is 84.9 Å². The number of methoxy groups -OCH3 is 1. The zero-order valence-electron chi connectivity index (χ0n) is 20.6. The van der Waals surface area contributed by atoms with E-state index in [4.69, 9.17) is 9.47 Å². The molecule has 1 amide bonds. The van der Waals surface area contributed by atoms with Gasteiger partial charge in [-0.2, -0.15) is 0 Å². The monoisotopic (exact) mass is 517 g/mol. The molecule has 9 heteroatoms. The first kappa shape index (κ1) is 26.4. The summed E-state index contributed by atoms with van der Waals surface area (Å²) in [4.78, 5) is 51.5. The van der Waals surface area contributed by atoms with Crippen molar-refractivity contribution in [3.8, 4) is 11.5 Å². The number of para-hydroxylation sites is 1. The van der Waals surface area contributed by atoms with Crippen LogP contribution in [0.3, 0.4) is 0 Å². The van der Waals surface area contributed by atoms with Crippen molar-refractivity contribution >= 4 is 23.8 Å². The van der Waals surface area contributed by atoms with Crippen molar-refractivity contribution in [2.75, 3.05) is 7.11 Å². The highest BCUT2D eigenvalue weighted by Gasteiger charge is 2.64. The smallest absolute Gasteiger partial charge is 0.310 e. The summed E-state index contributed by atoms with van der Waals surface area (Å²) >= 11 is 0. The second-order valence-corrected chi connectivity index (χ2v) is 9.04. The Morgan fingerprint density at radius 2 is 1.13 bits per heavy atom. The second kappa shape index (κ2) is 11.6. The molecular weight excluding hydrogens is 490 g/mol. The van der Waals surface area contributed by atoms with Gasteiger partial charge < -0.3 is 24.6 Å². The molecule has 2 N–H and O–H groups in total. The number of esters is 1. The molecule has 1 aliphatic rings. The molecule has 0 radical (unpaired) electrons. The molecule has 1 saturated carbocycles. The summed E-state index contributed by atoms with van der Waals surface area (Å²) in [6.07, 6.45) is 0. The molecule has 0 aliphatic heterocycles. The number of hydrogen-bond donors (Lipinski definition) is 2. The average molecular weight is 518 g/mol. The fraction of sp³-hybridized carbons (Fsp3) is 0.241. The van der Waals surface area contributed by atoms with E-state index >= 15 is 0 Å². The maximum atomic E-state index is 13.8. The Balaban J connectivity index is 1.61. The van der Waals surface area contributed by atoms with Gasteiger partial charge in [-0.25, -0.2) is 0 Å². The molecule has 4 rings (SSSR count). The predicted octanol–water partition coefficient (Wildman–Crippen LogP) is 3.83. The number of rotatable bonds is 10. The fourth-order valence-electron chi connectivity index (χ4n) is 4.83. The lowest BCUT2D eigenvalue weighted by Gasteiger charge is -2.46. The van der Waals surface area contributed by atoms with Crippen LogP contribution in [0.4, 0.5) is 0 Å². The summed E-state index contributed by atoms with van der Waals surface area (Å²) < 4.78 is 10.6. The molecule has 3 aromatic rings. The van der Waals surface area contributed by atoms with E-state index in [0.717, 1.165) is 18.2 Å². The first-order chi connectivity index (χ1) is 18.3. The van der Waals surface area contributed by atoms with Crippen LogP contribution >= 0.6 is 0 Å². The summed E-state index contributed by atoms with van der Waals surface area (Å²) in [6, 6.07) is 25.5. The van der Waals surface area contributed by atoms with Crippen LogP contribution in [0.1, 0.15) is 11.1 Å². The van der Waals surface area contributed by atoms with Gasteiger partial charge in [0, 0.05) is 13.1 Å². The van der Waals surface area contributed by atoms with Crippen molar-refractivity contribution in [2.45, 2.75) is 13.1 Å². The summed E-state index contributed by atoms with van der Waals surface area (Å²) in [5, 5.41) is 19.4. The highest BCUT2D eigenvalue weighted by atomic mass is 16.5. The van der Waals surface area contributed by atoms with Crippen molar-refractivity contribution in [3.63, 3.8) is 0 Å². The van der Waals surface area contributed by atoms with E-state index in [1.165, 1.54) is 4.90 Å². The quantitative estimate of drug-likeness (QED) is 0.388. The SMILES string of the molecule is COC(=O)[C@H]1[C@H](C(=O)O)[C@H](C(=O)O)[C@H]1C(=O)N(Cc1ccccc1)Cc1ccc(Oc2ccccc2)cc1. The number of ether oxygens (including phenoxy) is 2. The molecule has 196 valence electrons. The standard InChI is InChI=1S/C29H27NO8/c1-37-29(36)25-22(23(27(32)33)24(25)28(34)35)26(31)30(16-18-8-4-2-5-9-18)17-19-12-14-21(15-13-19)38-20-10-6-3-7-11-20/h2-15,22-25H,16-17H2,1H3,(H,32,33)(H,34,35)/t22-,23-,24-,25-/m1/s1. The number of aliphatic carboxylic acids is 2. The summed E-state index contributed by atoms with van der Waals surface area (Å²) in [6.45, 7) is 0.240. The third-order valence-corrected chi connectivity index (χ3v) is 6.68. The van der Waals surface area contributed by atoms with Gasteiger partial charge in [0.2, 0.25) is 5.91 Å². The van der Waals surface area contributed by atoms with Crippen LogP contribution in [-0.2, 0) is 37.0 Å². The lowest BCUT2D eigenvalue weighted by molar-refractivity contribution is -0.191. The molecule has 1 fully saturated rings. The predicted molar refractivity (Wildman–Crippen MR) is 135 cm³/mol. The molecular formula is C29H27NO8. The summed E-state index contributed by atoms with van der Waals surface area (Å²) in [5.74, 6) is -9.05. The largest absolute Gasteiger partial charge is 0.481 e. The van der Waals surface area contributed by atoms with Gasteiger partial charge in [-0.3, -0.25) is 19.2 Å². The van der Waals surface area contributed by atoms with E-state index < -0.39 is 47.5 Å². The lowest BCUT2D eigenvalue weighted by atomic mass is 9.55. The number of amides is 1. The number of carbonyl (C=O) groups is 4. The molecule has 0 unspecified atom stereocenters. The number of carboxylic acid groups (broad SMARTS) is 2. The Hall–Kier alpha value is -4.66. The molecule has 4 atom stereocenters. The van der Waals surface area contributed by atoms with Crippen molar-refractivity contribution in [3.05, 3.63) is 96.1 Å². The molecule has 0 spiro atoms. The lowest BCUT2D eigenvalue weighted by Crippen LogP contribution is -2.62. The van der Waals surface area contributed by atoms with Crippen molar-refractivity contribution in [1.82, 2.24) is 4.90 Å². The Morgan fingerprint density at radius 3 is 1.66 bits per heavy atom. The normalized spacial score (nSPS) is 20.0. The van der Waals surface area contributed by atoms with Crippen LogP contribution in [-0.4, -0.2) is 46.0 Å². The van der Waals surface area contributed by atoms with Gasteiger partial charge in [0.25, 0.3) is 0 Å². The van der Waals surface area contributed by atoms with Gasteiger partial charge in [0.05, 0.1) is 30.8 Å². The highest BCUT2D eigenvalue weighted by molar-refractivity contribution is 5.98. The third-order valence-electron chi connectivity index (χ3n) is 6.68. The van der Waals surface area contributed by atoms with Gasteiger partial charge in [0.15, 0.2) is 0 Å². The van der Waals surface area contributed by atoms with Gasteiger partial charge in [-0.1, -0.05) is 60.7 Å².